The molecule has 2 aromatic carbocycles. The molecule has 3 nitrogen and oxygen atoms in total. The van der Waals surface area contributed by atoms with Crippen LogP contribution >= 0.6 is 0 Å². The first kappa shape index (κ1) is 12.5. The van der Waals surface area contributed by atoms with E-state index in [0.29, 0.717) is 6.54 Å². The Hall–Kier alpha value is -2.55. The van der Waals surface area contributed by atoms with Crippen LogP contribution in [0, 0.1) is 6.92 Å². The molecule has 1 aromatic heterocycles. The van der Waals surface area contributed by atoms with Crippen molar-refractivity contribution < 1.29 is 0 Å². The maximum atomic E-state index is 6.08. The molecule has 0 unspecified atom stereocenters. The second kappa shape index (κ2) is 5.21. The minimum absolute atomic E-state index is 0.710. The largest absolute Gasteiger partial charge is 0.397 e. The Bertz CT molecular complexity index is 745. The molecule has 0 bridgehead atoms. The Morgan fingerprint density at radius 2 is 1.85 bits per heavy atom. The minimum atomic E-state index is 0.710. The molecular weight excluding hydrogens is 246 g/mol. The van der Waals surface area contributed by atoms with Gasteiger partial charge in [-0.3, -0.25) is 4.98 Å². The average Bonchev–Trinajstić information content (AvgIpc) is 2.49. The zero-order chi connectivity index (χ0) is 13.9. The second-order valence-electron chi connectivity index (χ2n) is 4.88. The van der Waals surface area contributed by atoms with Crippen molar-refractivity contribution in [3.8, 4) is 0 Å². The van der Waals surface area contributed by atoms with Crippen molar-refractivity contribution in [3.63, 3.8) is 0 Å². The Balaban J connectivity index is 1.89. The van der Waals surface area contributed by atoms with Gasteiger partial charge in [-0.15, -0.1) is 0 Å². The molecule has 3 heteroatoms. The molecule has 3 aromatic rings. The van der Waals surface area contributed by atoms with E-state index in [2.05, 4.69) is 34.6 Å². The van der Waals surface area contributed by atoms with Crippen LogP contribution in [0.4, 0.5) is 11.4 Å². The van der Waals surface area contributed by atoms with Gasteiger partial charge in [0.25, 0.3) is 0 Å². The van der Waals surface area contributed by atoms with Crippen molar-refractivity contribution in [2.45, 2.75) is 13.5 Å². The van der Waals surface area contributed by atoms with E-state index < -0.39 is 0 Å². The third-order valence-corrected chi connectivity index (χ3v) is 3.51. The molecule has 3 rings (SSSR count). The Morgan fingerprint density at radius 1 is 1.05 bits per heavy atom. The van der Waals surface area contributed by atoms with Crippen LogP contribution in [0.5, 0.6) is 0 Å². The maximum Gasteiger partial charge on any atom is 0.0751 e. The maximum absolute atomic E-state index is 6.08. The number of nitrogens with zero attached hydrogens (tertiary/aromatic N) is 1. The van der Waals surface area contributed by atoms with Crippen LogP contribution in [-0.4, -0.2) is 4.98 Å². The first-order chi connectivity index (χ1) is 9.75. The quantitative estimate of drug-likeness (QED) is 0.708. The fraction of sp³-hybridized carbons (Fsp3) is 0.118. The van der Waals surface area contributed by atoms with Crippen molar-refractivity contribution in [1.29, 1.82) is 0 Å². The SMILES string of the molecule is Cc1cccc(NCc2cccc3cccnc23)c1N. The Labute approximate surface area is 118 Å². The number of aromatic nitrogens is 1. The first-order valence-corrected chi connectivity index (χ1v) is 6.67. The lowest BCUT2D eigenvalue weighted by atomic mass is 10.1. The Morgan fingerprint density at radius 3 is 2.75 bits per heavy atom. The third-order valence-electron chi connectivity index (χ3n) is 3.51. The second-order valence-corrected chi connectivity index (χ2v) is 4.88. The van der Waals surface area contributed by atoms with Crippen LogP contribution < -0.4 is 11.1 Å². The standard InChI is InChI=1S/C17H17N3/c1-12-5-2-9-15(16(12)18)20-11-14-7-3-6-13-8-4-10-19-17(13)14/h2-10,20H,11,18H2,1H3. The molecule has 100 valence electrons. The van der Waals surface area contributed by atoms with E-state index in [1.807, 2.05) is 37.4 Å². The van der Waals surface area contributed by atoms with E-state index in [1.165, 1.54) is 5.56 Å². The summed E-state index contributed by atoms with van der Waals surface area (Å²) >= 11 is 0. The molecule has 3 N–H and O–H groups in total. The predicted molar refractivity (Wildman–Crippen MR) is 84.7 cm³/mol. The number of hydrogen-bond acceptors (Lipinski definition) is 3. The molecule has 0 atom stereocenters. The fourth-order valence-electron chi connectivity index (χ4n) is 2.34. The van der Waals surface area contributed by atoms with Crippen molar-refractivity contribution in [2.75, 3.05) is 11.1 Å². The van der Waals surface area contributed by atoms with E-state index in [-0.39, 0.29) is 0 Å². The summed E-state index contributed by atoms with van der Waals surface area (Å²) < 4.78 is 0. The van der Waals surface area contributed by atoms with E-state index in [9.17, 15) is 0 Å². The summed E-state index contributed by atoms with van der Waals surface area (Å²) in [4.78, 5) is 4.46. The fourth-order valence-corrected chi connectivity index (χ4v) is 2.34. The van der Waals surface area contributed by atoms with Gasteiger partial charge in [0, 0.05) is 18.1 Å². The number of nitrogens with one attached hydrogen (secondary N) is 1. The van der Waals surface area contributed by atoms with Crippen LogP contribution in [0.3, 0.4) is 0 Å². The van der Waals surface area contributed by atoms with Gasteiger partial charge < -0.3 is 11.1 Å². The van der Waals surface area contributed by atoms with Crippen LogP contribution in [0.25, 0.3) is 10.9 Å². The summed E-state index contributed by atoms with van der Waals surface area (Å²) in [5.41, 5.74) is 11.2. The molecule has 0 spiro atoms. The first-order valence-electron chi connectivity index (χ1n) is 6.67. The van der Waals surface area contributed by atoms with E-state index in [4.69, 9.17) is 5.73 Å². The van der Waals surface area contributed by atoms with Gasteiger partial charge in [0.15, 0.2) is 0 Å². The van der Waals surface area contributed by atoms with Crippen molar-refractivity contribution in [3.05, 3.63) is 65.9 Å². The molecule has 0 aliphatic heterocycles. The molecule has 0 aliphatic rings. The van der Waals surface area contributed by atoms with E-state index in [0.717, 1.165) is 27.8 Å². The van der Waals surface area contributed by atoms with Gasteiger partial charge in [-0.2, -0.15) is 0 Å². The topological polar surface area (TPSA) is 50.9 Å². The smallest absolute Gasteiger partial charge is 0.0751 e. The number of anilines is 2. The highest BCUT2D eigenvalue weighted by molar-refractivity contribution is 5.82. The summed E-state index contributed by atoms with van der Waals surface area (Å²) in [5.74, 6) is 0. The van der Waals surface area contributed by atoms with Crippen molar-refractivity contribution >= 4 is 22.3 Å². The highest BCUT2D eigenvalue weighted by atomic mass is 14.9. The number of aryl methyl sites for hydroxylation is 1. The number of pyridine rings is 1. The number of nitrogens with two attached hydrogens (primary N) is 1. The Kier molecular flexibility index (Phi) is 3.25. The number of para-hydroxylation sites is 2. The third kappa shape index (κ3) is 2.30. The number of nitrogen functional groups attached to an aromatic ring is 1. The van der Waals surface area contributed by atoms with Gasteiger partial charge >= 0.3 is 0 Å². The van der Waals surface area contributed by atoms with Crippen molar-refractivity contribution in [2.24, 2.45) is 0 Å². The monoisotopic (exact) mass is 263 g/mol. The minimum Gasteiger partial charge on any atom is -0.397 e. The van der Waals surface area contributed by atoms with Crippen LogP contribution in [-0.2, 0) is 6.54 Å². The van der Waals surface area contributed by atoms with Gasteiger partial charge in [-0.1, -0.05) is 36.4 Å². The summed E-state index contributed by atoms with van der Waals surface area (Å²) in [6.07, 6.45) is 1.83. The zero-order valence-electron chi connectivity index (χ0n) is 11.4. The normalized spacial score (nSPS) is 10.7. The molecule has 0 fully saturated rings. The summed E-state index contributed by atoms with van der Waals surface area (Å²) in [5, 5.41) is 4.55. The summed E-state index contributed by atoms with van der Waals surface area (Å²) in [6.45, 7) is 2.72. The van der Waals surface area contributed by atoms with Gasteiger partial charge in [-0.05, 0) is 30.2 Å². The van der Waals surface area contributed by atoms with Gasteiger partial charge in [0.05, 0.1) is 16.9 Å². The zero-order valence-corrected chi connectivity index (χ0v) is 11.4. The van der Waals surface area contributed by atoms with Crippen LogP contribution in [0.2, 0.25) is 0 Å². The molecule has 1 heterocycles. The van der Waals surface area contributed by atoms with Crippen LogP contribution in [0.15, 0.2) is 54.7 Å². The van der Waals surface area contributed by atoms with Gasteiger partial charge in [0.1, 0.15) is 0 Å². The number of fused-ring (bicyclic) bond motifs is 1. The summed E-state index contributed by atoms with van der Waals surface area (Å²) in [6, 6.07) is 16.3. The highest BCUT2D eigenvalue weighted by Gasteiger charge is 2.04. The van der Waals surface area contributed by atoms with Gasteiger partial charge in [0.2, 0.25) is 0 Å². The molecular formula is C17H17N3. The van der Waals surface area contributed by atoms with E-state index in [1.54, 1.807) is 0 Å². The number of rotatable bonds is 3. The number of benzene rings is 2. The predicted octanol–water partition coefficient (Wildman–Crippen LogP) is 3.74. The highest BCUT2D eigenvalue weighted by Crippen LogP contribution is 2.23. The molecule has 0 radical (unpaired) electrons. The lowest BCUT2D eigenvalue weighted by Crippen LogP contribution is -2.04. The molecule has 0 saturated carbocycles. The number of hydrogen-bond donors (Lipinski definition) is 2. The molecule has 0 aliphatic carbocycles. The van der Waals surface area contributed by atoms with Gasteiger partial charge in [-0.25, -0.2) is 0 Å². The van der Waals surface area contributed by atoms with Crippen molar-refractivity contribution in [1.82, 2.24) is 4.98 Å². The van der Waals surface area contributed by atoms with E-state index >= 15 is 0 Å². The summed E-state index contributed by atoms with van der Waals surface area (Å²) in [7, 11) is 0. The molecule has 20 heavy (non-hydrogen) atoms. The lowest BCUT2D eigenvalue weighted by Gasteiger charge is -2.12. The lowest BCUT2D eigenvalue weighted by molar-refractivity contribution is 1.15. The molecule has 0 amide bonds. The van der Waals surface area contributed by atoms with Crippen LogP contribution in [0.1, 0.15) is 11.1 Å². The average molecular weight is 263 g/mol. The molecule has 0 saturated heterocycles.